The van der Waals surface area contributed by atoms with Crippen molar-refractivity contribution in [3.63, 3.8) is 0 Å². The molecule has 0 bridgehead atoms. The van der Waals surface area contributed by atoms with E-state index in [1.165, 1.54) is 5.56 Å². The third-order valence-corrected chi connectivity index (χ3v) is 6.46. The van der Waals surface area contributed by atoms with E-state index in [9.17, 15) is 9.59 Å². The van der Waals surface area contributed by atoms with Crippen molar-refractivity contribution in [3.05, 3.63) is 51.7 Å². The number of benzene rings is 1. The molecule has 2 aromatic rings. The number of ether oxygens (including phenoxy) is 1. The molecule has 0 atom stereocenters. The predicted octanol–water partition coefficient (Wildman–Crippen LogP) is 2.38. The zero-order valence-electron chi connectivity index (χ0n) is 16.8. The van der Waals surface area contributed by atoms with Crippen LogP contribution >= 0.6 is 11.3 Å². The Kier molecular flexibility index (Phi) is 6.16. The molecule has 1 aromatic heterocycles. The monoisotopic (exact) mass is 413 g/mol. The van der Waals surface area contributed by atoms with Crippen LogP contribution in [0.1, 0.15) is 22.9 Å². The lowest BCUT2D eigenvalue weighted by molar-refractivity contribution is -0.131. The average Bonchev–Trinajstić information content (AvgIpc) is 3.12. The Morgan fingerprint density at radius 3 is 2.62 bits per heavy atom. The van der Waals surface area contributed by atoms with Gasteiger partial charge in [-0.3, -0.25) is 14.5 Å². The van der Waals surface area contributed by atoms with Crippen LogP contribution in [0.5, 0.6) is 5.75 Å². The van der Waals surface area contributed by atoms with Crippen LogP contribution in [0.15, 0.2) is 35.7 Å². The van der Waals surface area contributed by atoms with Gasteiger partial charge >= 0.3 is 0 Å². The highest BCUT2D eigenvalue weighted by Crippen LogP contribution is 2.26. The molecule has 0 radical (unpaired) electrons. The molecule has 0 saturated carbocycles. The van der Waals surface area contributed by atoms with Gasteiger partial charge in [-0.15, -0.1) is 11.3 Å². The first-order valence-electron chi connectivity index (χ1n) is 10.1. The first-order valence-corrected chi connectivity index (χ1v) is 11.0. The molecule has 0 aliphatic carbocycles. The lowest BCUT2D eigenvalue weighted by atomic mass is 10.1. The van der Waals surface area contributed by atoms with Crippen molar-refractivity contribution in [2.24, 2.45) is 0 Å². The summed E-state index contributed by atoms with van der Waals surface area (Å²) in [6, 6.07) is 10.3. The van der Waals surface area contributed by atoms with Crippen molar-refractivity contribution in [2.75, 3.05) is 39.3 Å². The van der Waals surface area contributed by atoms with Crippen molar-refractivity contribution >= 4 is 23.2 Å². The summed E-state index contributed by atoms with van der Waals surface area (Å²) in [4.78, 5) is 31.5. The van der Waals surface area contributed by atoms with Crippen LogP contribution in [0.3, 0.4) is 0 Å². The van der Waals surface area contributed by atoms with E-state index >= 15 is 0 Å². The first-order chi connectivity index (χ1) is 14.1. The molecule has 7 heteroatoms. The van der Waals surface area contributed by atoms with Crippen LogP contribution in [-0.4, -0.2) is 65.8 Å². The minimum Gasteiger partial charge on any atom is -0.491 e. The number of fused-ring (bicyclic) bond motifs is 1. The lowest BCUT2D eigenvalue weighted by Crippen LogP contribution is -2.47. The Bertz CT molecular complexity index is 860. The van der Waals surface area contributed by atoms with Gasteiger partial charge in [0.05, 0.1) is 13.0 Å². The summed E-state index contributed by atoms with van der Waals surface area (Å²) in [5, 5.41) is 2.01. The molecule has 3 heterocycles. The summed E-state index contributed by atoms with van der Waals surface area (Å²) in [6.45, 7) is 7.55. The highest BCUT2D eigenvalue weighted by atomic mass is 32.1. The van der Waals surface area contributed by atoms with Gasteiger partial charge in [-0.2, -0.15) is 0 Å². The van der Waals surface area contributed by atoms with Gasteiger partial charge in [-0.25, -0.2) is 0 Å². The maximum Gasteiger partial charge on any atom is 0.228 e. The number of hydrogen-bond acceptors (Lipinski definition) is 5. The van der Waals surface area contributed by atoms with Gasteiger partial charge in [0.15, 0.2) is 0 Å². The fraction of sp³-hybridized carbons (Fsp3) is 0.455. The quantitative estimate of drug-likeness (QED) is 0.772. The predicted molar refractivity (Wildman–Crippen MR) is 113 cm³/mol. The molecule has 2 amide bonds. The highest BCUT2D eigenvalue weighted by molar-refractivity contribution is 7.10. The summed E-state index contributed by atoms with van der Waals surface area (Å²) in [5.41, 5.74) is 2.29. The topological polar surface area (TPSA) is 53.1 Å². The minimum atomic E-state index is 0.148. The molecular formula is C22H27N3O3S. The number of amides is 2. The van der Waals surface area contributed by atoms with Crippen molar-refractivity contribution in [3.8, 4) is 5.75 Å². The van der Waals surface area contributed by atoms with E-state index in [0.29, 0.717) is 26.1 Å². The summed E-state index contributed by atoms with van der Waals surface area (Å²) in [6.07, 6.45) is 0.452. The van der Waals surface area contributed by atoms with E-state index in [1.807, 2.05) is 33.4 Å². The third kappa shape index (κ3) is 4.97. The standard InChI is InChI=1S/C22H27N3O3S/c1-17(26)24-8-6-23(7-9-24)15-18-4-5-21-19(13-18)16-25(10-11-28-21)22(27)14-20-3-2-12-29-20/h2-5,12-13H,6-11,14-16H2,1H3. The fourth-order valence-corrected chi connectivity index (χ4v) is 4.61. The summed E-state index contributed by atoms with van der Waals surface area (Å²) in [5.74, 6) is 1.18. The second-order valence-electron chi connectivity index (χ2n) is 7.64. The normalized spacial score (nSPS) is 17.4. The Hall–Kier alpha value is -2.38. The van der Waals surface area contributed by atoms with E-state index in [2.05, 4.69) is 17.0 Å². The molecule has 6 nitrogen and oxygen atoms in total. The number of hydrogen-bond donors (Lipinski definition) is 0. The molecule has 4 rings (SSSR count). The van der Waals surface area contributed by atoms with E-state index in [0.717, 1.165) is 48.9 Å². The van der Waals surface area contributed by atoms with Crippen LogP contribution in [0.2, 0.25) is 0 Å². The largest absolute Gasteiger partial charge is 0.491 e. The number of rotatable bonds is 4. The van der Waals surface area contributed by atoms with Gasteiger partial charge in [0.2, 0.25) is 11.8 Å². The molecular weight excluding hydrogens is 386 g/mol. The summed E-state index contributed by atoms with van der Waals surface area (Å²) < 4.78 is 5.90. The van der Waals surface area contributed by atoms with Crippen molar-refractivity contribution in [1.29, 1.82) is 0 Å². The van der Waals surface area contributed by atoms with Gasteiger partial charge in [0.1, 0.15) is 12.4 Å². The van der Waals surface area contributed by atoms with Crippen LogP contribution < -0.4 is 4.74 Å². The second kappa shape index (κ2) is 8.97. The molecule has 0 spiro atoms. The lowest BCUT2D eigenvalue weighted by Gasteiger charge is -2.34. The second-order valence-corrected chi connectivity index (χ2v) is 8.68. The van der Waals surface area contributed by atoms with Crippen molar-refractivity contribution < 1.29 is 14.3 Å². The zero-order valence-corrected chi connectivity index (χ0v) is 17.6. The Labute approximate surface area is 175 Å². The van der Waals surface area contributed by atoms with E-state index in [4.69, 9.17) is 4.74 Å². The summed E-state index contributed by atoms with van der Waals surface area (Å²) in [7, 11) is 0. The van der Waals surface area contributed by atoms with Gasteiger partial charge in [-0.05, 0) is 29.1 Å². The molecule has 154 valence electrons. The average molecular weight is 414 g/mol. The van der Waals surface area contributed by atoms with Crippen LogP contribution in [0.25, 0.3) is 0 Å². The molecule has 2 aliphatic heterocycles. The molecule has 2 aliphatic rings. The molecule has 0 unspecified atom stereocenters. The SMILES string of the molecule is CC(=O)N1CCN(Cc2ccc3c(c2)CN(C(=O)Cc2cccs2)CCO3)CC1. The zero-order chi connectivity index (χ0) is 20.2. The van der Waals surface area contributed by atoms with Crippen molar-refractivity contribution in [2.45, 2.75) is 26.4 Å². The van der Waals surface area contributed by atoms with E-state index in [1.54, 1.807) is 18.3 Å². The molecule has 0 N–H and O–H groups in total. The molecule has 1 saturated heterocycles. The van der Waals surface area contributed by atoms with Gasteiger partial charge in [-0.1, -0.05) is 12.1 Å². The highest BCUT2D eigenvalue weighted by Gasteiger charge is 2.22. The Balaban J connectivity index is 1.40. The Morgan fingerprint density at radius 1 is 1.07 bits per heavy atom. The molecule has 1 fully saturated rings. The van der Waals surface area contributed by atoms with E-state index in [-0.39, 0.29) is 11.8 Å². The number of carbonyl (C=O) groups is 2. The Morgan fingerprint density at radius 2 is 1.90 bits per heavy atom. The molecule has 29 heavy (non-hydrogen) atoms. The van der Waals surface area contributed by atoms with Gasteiger partial charge in [0, 0.05) is 56.6 Å². The van der Waals surface area contributed by atoms with Crippen LogP contribution in [0.4, 0.5) is 0 Å². The maximum atomic E-state index is 12.8. The number of thiophene rings is 1. The van der Waals surface area contributed by atoms with Crippen LogP contribution in [-0.2, 0) is 29.1 Å². The maximum absolute atomic E-state index is 12.8. The fourth-order valence-electron chi connectivity index (χ4n) is 3.91. The smallest absolute Gasteiger partial charge is 0.228 e. The van der Waals surface area contributed by atoms with Crippen molar-refractivity contribution in [1.82, 2.24) is 14.7 Å². The number of nitrogens with zero attached hydrogens (tertiary/aromatic N) is 3. The van der Waals surface area contributed by atoms with Gasteiger partial charge in [0.25, 0.3) is 0 Å². The van der Waals surface area contributed by atoms with E-state index < -0.39 is 0 Å². The minimum absolute atomic E-state index is 0.148. The third-order valence-electron chi connectivity index (χ3n) is 5.59. The van der Waals surface area contributed by atoms with Gasteiger partial charge < -0.3 is 14.5 Å². The number of piperazine rings is 1. The first kappa shape index (κ1) is 19.9. The number of carbonyl (C=O) groups excluding carboxylic acids is 2. The summed E-state index contributed by atoms with van der Waals surface area (Å²) >= 11 is 1.62. The van der Waals surface area contributed by atoms with Crippen LogP contribution in [0, 0.1) is 0 Å². The molecule has 1 aromatic carbocycles.